The van der Waals surface area contributed by atoms with Crippen LogP contribution >= 0.6 is 0 Å². The van der Waals surface area contributed by atoms with Crippen LogP contribution in [-0.2, 0) is 9.53 Å². The molecule has 0 aromatic carbocycles. The third-order valence-corrected chi connectivity index (χ3v) is 2.57. The van der Waals surface area contributed by atoms with Crippen LogP contribution in [0.15, 0.2) is 0 Å². The van der Waals surface area contributed by atoms with E-state index in [1.165, 1.54) is 0 Å². The fourth-order valence-corrected chi connectivity index (χ4v) is 1.43. The molecule has 15 heavy (non-hydrogen) atoms. The summed E-state index contributed by atoms with van der Waals surface area (Å²) >= 11 is 0. The molecule has 0 saturated heterocycles. The van der Waals surface area contributed by atoms with Crippen molar-refractivity contribution < 1.29 is 14.6 Å². The number of amides is 1. The predicted octanol–water partition coefficient (Wildman–Crippen LogP) is 0.690. The Morgan fingerprint density at radius 3 is 2.93 bits per heavy atom. The first-order valence-corrected chi connectivity index (χ1v) is 5.76. The monoisotopic (exact) mass is 215 g/mol. The Labute approximate surface area is 91.0 Å². The molecule has 0 heterocycles. The molecule has 0 aromatic rings. The van der Waals surface area contributed by atoms with Gasteiger partial charge in [-0.15, -0.1) is 0 Å². The third-order valence-electron chi connectivity index (χ3n) is 2.57. The number of carbonyl (C=O) groups excluding carboxylic acids is 1. The molecule has 1 atom stereocenters. The number of nitrogens with one attached hydrogen (secondary N) is 1. The molecular formula is C11H21NO3. The largest absolute Gasteiger partial charge is 0.391 e. The van der Waals surface area contributed by atoms with Gasteiger partial charge in [0.25, 0.3) is 0 Å². The predicted molar refractivity (Wildman–Crippen MR) is 57.5 cm³/mol. The second-order valence-corrected chi connectivity index (χ2v) is 4.01. The lowest BCUT2D eigenvalue weighted by molar-refractivity contribution is -0.121. The minimum Gasteiger partial charge on any atom is -0.391 e. The van der Waals surface area contributed by atoms with Gasteiger partial charge in [0.15, 0.2) is 0 Å². The smallest absolute Gasteiger partial charge is 0.220 e. The van der Waals surface area contributed by atoms with E-state index in [1.54, 1.807) is 0 Å². The van der Waals surface area contributed by atoms with E-state index < -0.39 is 0 Å². The van der Waals surface area contributed by atoms with Crippen LogP contribution in [0.4, 0.5) is 0 Å². The maximum atomic E-state index is 11.3. The number of aliphatic hydroxyl groups is 1. The third kappa shape index (κ3) is 5.74. The molecule has 1 amide bonds. The van der Waals surface area contributed by atoms with Gasteiger partial charge in [-0.05, 0) is 32.1 Å². The van der Waals surface area contributed by atoms with E-state index in [9.17, 15) is 9.90 Å². The van der Waals surface area contributed by atoms with Gasteiger partial charge in [0.2, 0.25) is 5.91 Å². The molecule has 1 unspecified atom stereocenters. The van der Waals surface area contributed by atoms with Crippen LogP contribution in [0.3, 0.4) is 0 Å². The molecule has 1 fully saturated rings. The number of ether oxygens (including phenoxy) is 1. The number of hydrogen-bond acceptors (Lipinski definition) is 3. The normalized spacial score (nSPS) is 17.5. The van der Waals surface area contributed by atoms with Crippen LogP contribution in [0.1, 0.15) is 32.6 Å². The van der Waals surface area contributed by atoms with Crippen molar-refractivity contribution in [3.8, 4) is 0 Å². The highest BCUT2D eigenvalue weighted by Gasteiger charge is 2.29. The van der Waals surface area contributed by atoms with Crippen LogP contribution in [0.5, 0.6) is 0 Å². The van der Waals surface area contributed by atoms with Crippen LogP contribution in [0.25, 0.3) is 0 Å². The average Bonchev–Trinajstić information content (AvgIpc) is 3.04. The van der Waals surface area contributed by atoms with Crippen molar-refractivity contribution in [1.82, 2.24) is 5.32 Å². The van der Waals surface area contributed by atoms with Crippen LogP contribution in [0, 0.1) is 5.92 Å². The Bertz CT molecular complexity index is 192. The Morgan fingerprint density at radius 1 is 1.60 bits per heavy atom. The minimum atomic E-state index is -0.346. The van der Waals surface area contributed by atoms with Crippen molar-refractivity contribution in [3.63, 3.8) is 0 Å². The molecule has 1 aliphatic rings. The van der Waals surface area contributed by atoms with Crippen molar-refractivity contribution in [2.45, 2.75) is 38.7 Å². The van der Waals surface area contributed by atoms with Gasteiger partial charge in [-0.1, -0.05) is 0 Å². The van der Waals surface area contributed by atoms with Crippen LogP contribution < -0.4 is 5.32 Å². The molecule has 0 spiro atoms. The summed E-state index contributed by atoms with van der Waals surface area (Å²) in [5, 5.41) is 12.2. The van der Waals surface area contributed by atoms with Gasteiger partial charge in [0.1, 0.15) is 0 Å². The molecule has 1 saturated carbocycles. The fourth-order valence-electron chi connectivity index (χ4n) is 1.43. The summed E-state index contributed by atoms with van der Waals surface area (Å²) in [4.78, 5) is 11.3. The maximum Gasteiger partial charge on any atom is 0.220 e. The quantitative estimate of drug-likeness (QED) is 0.586. The zero-order chi connectivity index (χ0) is 11.1. The van der Waals surface area contributed by atoms with Gasteiger partial charge in [0, 0.05) is 26.2 Å². The first kappa shape index (κ1) is 12.5. The molecule has 1 rings (SSSR count). The van der Waals surface area contributed by atoms with E-state index in [1.807, 2.05) is 6.92 Å². The zero-order valence-electron chi connectivity index (χ0n) is 9.37. The van der Waals surface area contributed by atoms with Crippen molar-refractivity contribution >= 4 is 5.91 Å². The lowest BCUT2D eigenvalue weighted by Gasteiger charge is -2.10. The lowest BCUT2D eigenvalue weighted by atomic mass is 10.2. The second-order valence-electron chi connectivity index (χ2n) is 4.01. The van der Waals surface area contributed by atoms with Gasteiger partial charge in [0.05, 0.1) is 6.10 Å². The Kier molecular flexibility index (Phi) is 5.65. The summed E-state index contributed by atoms with van der Waals surface area (Å²) in [6.45, 7) is 3.67. The molecule has 2 N–H and O–H groups in total. The summed E-state index contributed by atoms with van der Waals surface area (Å²) in [5.41, 5.74) is 0. The highest BCUT2D eigenvalue weighted by Crippen LogP contribution is 2.32. The van der Waals surface area contributed by atoms with Gasteiger partial charge >= 0.3 is 0 Å². The molecule has 0 aromatic heterocycles. The Morgan fingerprint density at radius 2 is 2.33 bits per heavy atom. The molecule has 1 aliphatic carbocycles. The number of rotatable bonds is 8. The highest BCUT2D eigenvalue weighted by atomic mass is 16.5. The maximum absolute atomic E-state index is 11.3. The van der Waals surface area contributed by atoms with Crippen molar-refractivity contribution in [3.05, 3.63) is 0 Å². The van der Waals surface area contributed by atoms with E-state index >= 15 is 0 Å². The molecule has 0 aliphatic heterocycles. The fraction of sp³-hybridized carbons (Fsp3) is 0.909. The summed E-state index contributed by atoms with van der Waals surface area (Å²) < 4.78 is 5.13. The standard InChI is InChI=1S/C11H21NO3/c1-2-15-7-3-4-11(14)12-8-10(13)9-5-6-9/h9-10,13H,2-8H2,1H3,(H,12,14). The summed E-state index contributed by atoms with van der Waals surface area (Å²) in [6, 6.07) is 0. The summed E-state index contributed by atoms with van der Waals surface area (Å²) in [7, 11) is 0. The highest BCUT2D eigenvalue weighted by molar-refractivity contribution is 5.75. The Balaban J connectivity index is 1.93. The molecule has 0 radical (unpaired) electrons. The summed E-state index contributed by atoms with van der Waals surface area (Å²) in [6.07, 6.45) is 3.08. The SMILES string of the molecule is CCOCCCC(=O)NCC(O)C1CC1. The average molecular weight is 215 g/mol. The Hall–Kier alpha value is -0.610. The molecule has 88 valence electrons. The molecule has 4 heteroatoms. The molecule has 0 bridgehead atoms. The van der Waals surface area contributed by atoms with E-state index in [2.05, 4.69) is 5.32 Å². The van der Waals surface area contributed by atoms with Gasteiger partial charge in [-0.25, -0.2) is 0 Å². The van der Waals surface area contributed by atoms with E-state index in [0.29, 0.717) is 32.1 Å². The lowest BCUT2D eigenvalue weighted by Crippen LogP contribution is -2.33. The van der Waals surface area contributed by atoms with Crippen molar-refractivity contribution in [2.24, 2.45) is 5.92 Å². The van der Waals surface area contributed by atoms with E-state index in [0.717, 1.165) is 19.3 Å². The van der Waals surface area contributed by atoms with Gasteiger partial charge < -0.3 is 15.2 Å². The van der Waals surface area contributed by atoms with Crippen LogP contribution in [0.2, 0.25) is 0 Å². The molecular weight excluding hydrogens is 194 g/mol. The molecule has 4 nitrogen and oxygen atoms in total. The van der Waals surface area contributed by atoms with Crippen molar-refractivity contribution in [1.29, 1.82) is 0 Å². The van der Waals surface area contributed by atoms with E-state index in [-0.39, 0.29) is 12.0 Å². The first-order valence-electron chi connectivity index (χ1n) is 5.76. The van der Waals surface area contributed by atoms with Gasteiger partial charge in [-0.3, -0.25) is 4.79 Å². The van der Waals surface area contributed by atoms with E-state index in [4.69, 9.17) is 4.74 Å². The second kappa shape index (κ2) is 6.80. The van der Waals surface area contributed by atoms with Crippen LogP contribution in [-0.4, -0.2) is 36.9 Å². The van der Waals surface area contributed by atoms with Crippen molar-refractivity contribution in [2.75, 3.05) is 19.8 Å². The number of carbonyl (C=O) groups is 1. The first-order chi connectivity index (χ1) is 7.24. The van der Waals surface area contributed by atoms with Gasteiger partial charge in [-0.2, -0.15) is 0 Å². The topological polar surface area (TPSA) is 58.6 Å². The number of aliphatic hydroxyl groups excluding tert-OH is 1. The zero-order valence-corrected chi connectivity index (χ0v) is 9.37. The minimum absolute atomic E-state index is 0.00871. The summed E-state index contributed by atoms with van der Waals surface area (Å²) in [5.74, 6) is 0.433. The number of hydrogen-bond donors (Lipinski definition) is 2.